The zero-order chi connectivity index (χ0) is 25.2. The van der Waals surface area contributed by atoms with E-state index in [9.17, 15) is 9.59 Å². The second-order valence-corrected chi connectivity index (χ2v) is 10.9. The summed E-state index contributed by atoms with van der Waals surface area (Å²) < 4.78 is 5.53. The van der Waals surface area contributed by atoms with E-state index < -0.39 is 5.60 Å². The average Bonchev–Trinajstić information content (AvgIpc) is 3.25. The van der Waals surface area contributed by atoms with Gasteiger partial charge in [-0.05, 0) is 63.8 Å². The molecule has 35 heavy (non-hydrogen) atoms. The zero-order valence-corrected chi connectivity index (χ0v) is 21.8. The van der Waals surface area contributed by atoms with E-state index in [1.807, 2.05) is 32.9 Å². The monoisotopic (exact) mass is 501 g/mol. The third-order valence-electron chi connectivity index (χ3n) is 6.54. The minimum Gasteiger partial charge on any atom is -0.444 e. The molecule has 0 saturated carbocycles. The molecule has 8 nitrogen and oxygen atoms in total. The van der Waals surface area contributed by atoms with Crippen LogP contribution in [0.3, 0.4) is 0 Å². The summed E-state index contributed by atoms with van der Waals surface area (Å²) in [4.78, 5) is 34.6. The number of aromatic amines is 1. The lowest BCUT2D eigenvalue weighted by atomic mass is 9.98. The Bertz CT molecular complexity index is 1050. The SMILES string of the molecule is CC1CCN(c2cc(N3CCN(C(=O)OC(C)(C)C)CC3)ccc2NC(=O)c2cc(Cl)c[nH]2)CC1. The summed E-state index contributed by atoms with van der Waals surface area (Å²) >= 11 is 5.98. The van der Waals surface area contributed by atoms with E-state index in [0.29, 0.717) is 29.7 Å². The minimum atomic E-state index is -0.499. The van der Waals surface area contributed by atoms with Crippen molar-refractivity contribution in [3.8, 4) is 0 Å². The van der Waals surface area contributed by atoms with Crippen molar-refractivity contribution in [2.24, 2.45) is 5.92 Å². The number of halogens is 1. The molecule has 2 N–H and O–H groups in total. The number of benzene rings is 1. The molecule has 2 amide bonds. The number of hydrogen-bond acceptors (Lipinski definition) is 5. The molecule has 2 aliphatic heterocycles. The number of anilines is 3. The van der Waals surface area contributed by atoms with Gasteiger partial charge in [0.1, 0.15) is 11.3 Å². The van der Waals surface area contributed by atoms with E-state index >= 15 is 0 Å². The van der Waals surface area contributed by atoms with Gasteiger partial charge in [0, 0.05) is 51.2 Å². The molecule has 2 saturated heterocycles. The van der Waals surface area contributed by atoms with Crippen molar-refractivity contribution in [2.75, 3.05) is 54.4 Å². The number of hydrogen-bond donors (Lipinski definition) is 2. The molecular weight excluding hydrogens is 466 g/mol. The lowest BCUT2D eigenvalue weighted by molar-refractivity contribution is 0.0240. The maximum Gasteiger partial charge on any atom is 0.410 e. The average molecular weight is 502 g/mol. The maximum absolute atomic E-state index is 12.8. The fraction of sp³-hybridized carbons (Fsp3) is 0.538. The highest BCUT2D eigenvalue weighted by atomic mass is 35.5. The molecule has 2 aromatic rings. The summed E-state index contributed by atoms with van der Waals surface area (Å²) in [6.07, 6.45) is 3.59. The van der Waals surface area contributed by atoms with Gasteiger partial charge in [-0.2, -0.15) is 0 Å². The van der Waals surface area contributed by atoms with Gasteiger partial charge in [0.25, 0.3) is 5.91 Å². The molecule has 3 heterocycles. The lowest BCUT2D eigenvalue weighted by Gasteiger charge is -2.38. The van der Waals surface area contributed by atoms with E-state index in [0.717, 1.165) is 56.1 Å². The molecule has 0 aliphatic carbocycles. The predicted octanol–water partition coefficient (Wildman–Crippen LogP) is 5.21. The lowest BCUT2D eigenvalue weighted by Crippen LogP contribution is -2.50. The summed E-state index contributed by atoms with van der Waals surface area (Å²) in [6, 6.07) is 7.80. The number of nitrogens with zero attached hydrogens (tertiary/aromatic N) is 3. The number of carbonyl (C=O) groups excluding carboxylic acids is 2. The molecule has 2 fully saturated rings. The van der Waals surface area contributed by atoms with Crippen LogP contribution < -0.4 is 15.1 Å². The van der Waals surface area contributed by atoms with Crippen LogP contribution in [-0.4, -0.2) is 66.8 Å². The van der Waals surface area contributed by atoms with Crippen molar-refractivity contribution in [3.05, 3.63) is 41.2 Å². The summed E-state index contributed by atoms with van der Waals surface area (Å²) in [6.45, 7) is 12.5. The standard InChI is InChI=1S/C26H36ClN5O3/c1-18-7-9-31(10-8-18)23-16-20(5-6-21(23)29-24(33)22-15-19(27)17-28-22)30-11-13-32(14-12-30)25(34)35-26(2,3)4/h5-6,15-18,28H,7-14H2,1-4H3,(H,29,33). The number of rotatable bonds is 4. The molecule has 0 atom stereocenters. The quantitative estimate of drug-likeness (QED) is 0.600. The Morgan fingerprint density at radius 1 is 1.03 bits per heavy atom. The first-order valence-corrected chi connectivity index (χ1v) is 12.7. The Hall–Kier alpha value is -2.87. The van der Waals surface area contributed by atoms with Crippen molar-refractivity contribution < 1.29 is 14.3 Å². The summed E-state index contributed by atoms with van der Waals surface area (Å²) in [5.41, 5.74) is 2.82. The first kappa shape index (κ1) is 25.2. The number of piperidine rings is 1. The van der Waals surface area contributed by atoms with Gasteiger partial charge in [0.15, 0.2) is 0 Å². The first-order chi connectivity index (χ1) is 16.6. The van der Waals surface area contributed by atoms with Crippen molar-refractivity contribution >= 4 is 40.7 Å². The van der Waals surface area contributed by atoms with Crippen LogP contribution in [-0.2, 0) is 4.74 Å². The number of aromatic nitrogens is 1. The zero-order valence-electron chi connectivity index (χ0n) is 21.1. The molecule has 0 unspecified atom stereocenters. The van der Waals surface area contributed by atoms with Crippen molar-refractivity contribution in [1.29, 1.82) is 0 Å². The van der Waals surface area contributed by atoms with E-state index in [2.05, 4.69) is 33.1 Å². The van der Waals surface area contributed by atoms with Crippen molar-refractivity contribution in [1.82, 2.24) is 9.88 Å². The van der Waals surface area contributed by atoms with E-state index in [1.165, 1.54) is 0 Å². The summed E-state index contributed by atoms with van der Waals surface area (Å²) in [5.74, 6) is 0.483. The van der Waals surface area contributed by atoms with Gasteiger partial charge in [-0.15, -0.1) is 0 Å². The molecule has 9 heteroatoms. The number of carbonyl (C=O) groups is 2. The largest absolute Gasteiger partial charge is 0.444 e. The molecule has 2 aliphatic rings. The Labute approximate surface area is 212 Å². The third kappa shape index (κ3) is 6.42. The molecule has 1 aromatic carbocycles. The fourth-order valence-electron chi connectivity index (χ4n) is 4.50. The Morgan fingerprint density at radius 2 is 1.71 bits per heavy atom. The van der Waals surface area contributed by atoms with Crippen molar-refractivity contribution in [3.63, 3.8) is 0 Å². The number of H-pyrrole nitrogens is 1. The summed E-state index contributed by atoms with van der Waals surface area (Å²) in [7, 11) is 0. The van der Waals surface area contributed by atoms with Crippen LogP contribution in [0.2, 0.25) is 5.02 Å². The predicted molar refractivity (Wildman–Crippen MR) is 141 cm³/mol. The smallest absolute Gasteiger partial charge is 0.410 e. The Morgan fingerprint density at radius 3 is 2.31 bits per heavy atom. The number of amides is 2. The second-order valence-electron chi connectivity index (χ2n) is 10.5. The summed E-state index contributed by atoms with van der Waals surface area (Å²) in [5, 5.41) is 3.57. The van der Waals surface area contributed by atoms with E-state index in [-0.39, 0.29) is 12.0 Å². The minimum absolute atomic E-state index is 0.220. The molecule has 0 bridgehead atoms. The molecule has 4 rings (SSSR count). The maximum atomic E-state index is 12.8. The first-order valence-electron chi connectivity index (χ1n) is 12.4. The number of nitrogens with one attached hydrogen (secondary N) is 2. The van der Waals surface area contributed by atoms with Crippen LogP contribution in [0.15, 0.2) is 30.5 Å². The second kappa shape index (κ2) is 10.4. The normalized spacial score (nSPS) is 17.5. The molecule has 0 radical (unpaired) electrons. The van der Waals surface area contributed by atoms with Gasteiger partial charge in [0.05, 0.1) is 16.4 Å². The van der Waals surface area contributed by atoms with Crippen LogP contribution in [0.4, 0.5) is 21.9 Å². The molecule has 1 aromatic heterocycles. The van der Waals surface area contributed by atoms with Crippen LogP contribution >= 0.6 is 11.6 Å². The van der Waals surface area contributed by atoms with Crippen LogP contribution in [0.1, 0.15) is 51.0 Å². The molecule has 190 valence electrons. The van der Waals surface area contributed by atoms with Gasteiger partial charge in [0.2, 0.25) is 0 Å². The number of piperazine rings is 1. The van der Waals surface area contributed by atoms with Crippen LogP contribution in [0.25, 0.3) is 0 Å². The van der Waals surface area contributed by atoms with Gasteiger partial charge >= 0.3 is 6.09 Å². The third-order valence-corrected chi connectivity index (χ3v) is 6.76. The highest BCUT2D eigenvalue weighted by Crippen LogP contribution is 2.34. The van der Waals surface area contributed by atoms with Crippen LogP contribution in [0.5, 0.6) is 0 Å². The van der Waals surface area contributed by atoms with Crippen LogP contribution in [0, 0.1) is 5.92 Å². The Balaban J connectivity index is 1.50. The fourth-order valence-corrected chi connectivity index (χ4v) is 4.66. The van der Waals surface area contributed by atoms with Gasteiger partial charge in [-0.1, -0.05) is 18.5 Å². The highest BCUT2D eigenvalue weighted by molar-refractivity contribution is 6.31. The molecular formula is C26H36ClN5O3. The topological polar surface area (TPSA) is 80.9 Å². The van der Waals surface area contributed by atoms with Gasteiger partial charge < -0.3 is 29.7 Å². The van der Waals surface area contributed by atoms with Crippen molar-refractivity contribution in [2.45, 2.75) is 46.1 Å². The van der Waals surface area contributed by atoms with Gasteiger partial charge in [-0.25, -0.2) is 4.79 Å². The highest BCUT2D eigenvalue weighted by Gasteiger charge is 2.27. The molecule has 0 spiro atoms. The van der Waals surface area contributed by atoms with Gasteiger partial charge in [-0.3, -0.25) is 4.79 Å². The van der Waals surface area contributed by atoms with E-state index in [1.54, 1.807) is 17.2 Å². The Kier molecular flexibility index (Phi) is 7.50. The number of ether oxygens (including phenoxy) is 1. The van der Waals surface area contributed by atoms with E-state index in [4.69, 9.17) is 16.3 Å².